The van der Waals surface area contributed by atoms with E-state index in [2.05, 4.69) is 0 Å². The number of carbonyl (C=O) groups is 2. The summed E-state index contributed by atoms with van der Waals surface area (Å²) in [7, 11) is 1.28. The lowest BCUT2D eigenvalue weighted by atomic mass is 10.0. The molecule has 0 spiro atoms. The van der Waals surface area contributed by atoms with E-state index in [4.69, 9.17) is 10.5 Å². The van der Waals surface area contributed by atoms with Crippen molar-refractivity contribution in [3.8, 4) is 0 Å². The number of pyridine rings is 1. The fourth-order valence-electron chi connectivity index (χ4n) is 3.01. The highest BCUT2D eigenvalue weighted by atomic mass is 79.9. The molecule has 28 heavy (non-hydrogen) atoms. The molecule has 5 N–H and O–H groups in total. The van der Waals surface area contributed by atoms with Gasteiger partial charge in [0.25, 0.3) is 0 Å². The lowest BCUT2D eigenvalue weighted by Gasteiger charge is -2.08. The van der Waals surface area contributed by atoms with Gasteiger partial charge in [-0.25, -0.2) is 4.79 Å². The molecule has 0 saturated heterocycles. The maximum absolute atomic E-state index is 12.0. The van der Waals surface area contributed by atoms with Gasteiger partial charge in [-0.15, -0.1) is 11.3 Å². The van der Waals surface area contributed by atoms with Crippen LogP contribution in [0.5, 0.6) is 0 Å². The average molecular weight is 471 g/mol. The molecule has 3 aromatic rings. The standard InChI is InChI=1S/C18H18N2O6S.BrH/c1-26-15(25)5-20-4-12-16(19)18(14(24)8-23)27-17(12)11-2-9(6-21)10(7-22)3-13(11)20;/h2-4,21-23H,5-8H2,1H3,(H-,19,24);1H. The van der Waals surface area contributed by atoms with Crippen LogP contribution in [0.25, 0.3) is 21.0 Å². The predicted octanol–water partition coefficient (Wildman–Crippen LogP) is -2.74. The summed E-state index contributed by atoms with van der Waals surface area (Å²) < 4.78 is 7.06. The van der Waals surface area contributed by atoms with Crippen LogP contribution in [-0.2, 0) is 29.3 Å². The second kappa shape index (κ2) is 8.93. The zero-order valence-electron chi connectivity index (χ0n) is 14.9. The van der Waals surface area contributed by atoms with Crippen LogP contribution in [-0.4, -0.2) is 40.8 Å². The third kappa shape index (κ3) is 3.74. The van der Waals surface area contributed by atoms with E-state index < -0.39 is 18.4 Å². The number of rotatable bonds is 6. The van der Waals surface area contributed by atoms with Crippen molar-refractivity contribution < 1.29 is 51.2 Å². The summed E-state index contributed by atoms with van der Waals surface area (Å²) in [5.41, 5.74) is 8.04. The second-order valence-corrected chi connectivity index (χ2v) is 6.98. The molecule has 0 atom stereocenters. The number of nitrogens with two attached hydrogens (primary N) is 1. The van der Waals surface area contributed by atoms with E-state index in [0.29, 0.717) is 32.1 Å². The summed E-state index contributed by atoms with van der Waals surface area (Å²) in [4.78, 5) is 24.1. The average Bonchev–Trinajstić information content (AvgIpc) is 3.02. The van der Waals surface area contributed by atoms with E-state index in [1.807, 2.05) is 0 Å². The fourth-order valence-corrected chi connectivity index (χ4v) is 4.16. The Labute approximate surface area is 174 Å². The number of ether oxygens (including phenoxy) is 1. The monoisotopic (exact) mass is 470 g/mol. The maximum atomic E-state index is 12.0. The van der Waals surface area contributed by atoms with Crippen molar-refractivity contribution in [1.29, 1.82) is 0 Å². The Kier molecular flexibility index (Phi) is 7.07. The Bertz CT molecular complexity index is 1070. The van der Waals surface area contributed by atoms with Crippen LogP contribution in [0.15, 0.2) is 18.3 Å². The lowest BCUT2D eigenvalue weighted by Crippen LogP contribution is -3.00. The summed E-state index contributed by atoms with van der Waals surface area (Å²) in [5, 5.41) is 29.6. The Balaban J connectivity index is 0.00000280. The highest BCUT2D eigenvalue weighted by Crippen LogP contribution is 2.38. The number of fused-ring (bicyclic) bond motifs is 3. The molecule has 0 unspecified atom stereocenters. The van der Waals surface area contributed by atoms with E-state index in [9.17, 15) is 24.9 Å². The molecule has 8 nitrogen and oxygen atoms in total. The quantitative estimate of drug-likeness (QED) is 0.174. The first-order valence-electron chi connectivity index (χ1n) is 8.07. The lowest BCUT2D eigenvalue weighted by molar-refractivity contribution is -0.658. The van der Waals surface area contributed by atoms with Gasteiger partial charge in [0.15, 0.2) is 12.0 Å². The Morgan fingerprint density at radius 1 is 1.14 bits per heavy atom. The smallest absolute Gasteiger partial charge is 0.372 e. The van der Waals surface area contributed by atoms with Crippen LogP contribution in [0.4, 0.5) is 5.69 Å². The van der Waals surface area contributed by atoms with Crippen molar-refractivity contribution in [2.75, 3.05) is 19.5 Å². The third-order valence-electron chi connectivity index (χ3n) is 4.41. The number of hydrogen-bond acceptors (Lipinski definition) is 8. The number of nitrogens with zero attached hydrogens (tertiary/aromatic N) is 1. The number of anilines is 1. The minimum atomic E-state index is -0.659. The number of ketones is 1. The molecule has 150 valence electrons. The number of carbonyl (C=O) groups excluding carboxylic acids is 2. The Morgan fingerprint density at radius 2 is 1.79 bits per heavy atom. The molecule has 0 aliphatic heterocycles. The molecule has 10 heteroatoms. The zero-order valence-corrected chi connectivity index (χ0v) is 17.3. The molecular formula is C18H19BrN2O6S. The van der Waals surface area contributed by atoms with Gasteiger partial charge in [0.2, 0.25) is 12.1 Å². The third-order valence-corrected chi connectivity index (χ3v) is 5.70. The molecule has 3 rings (SSSR count). The molecule has 0 aliphatic carbocycles. The van der Waals surface area contributed by atoms with Crippen molar-refractivity contribution in [2.24, 2.45) is 0 Å². The van der Waals surface area contributed by atoms with Gasteiger partial charge < -0.3 is 42.8 Å². The number of thiophene rings is 1. The largest absolute Gasteiger partial charge is 1.00 e. The number of esters is 1. The Morgan fingerprint density at radius 3 is 2.36 bits per heavy atom. The molecule has 0 aliphatic rings. The number of Topliss-reactive ketones (excluding diaryl/α,β-unsaturated/α-hetero) is 1. The first kappa shape index (κ1) is 22.2. The molecule has 0 radical (unpaired) electrons. The van der Waals surface area contributed by atoms with Crippen LogP contribution in [0.2, 0.25) is 0 Å². The van der Waals surface area contributed by atoms with Crippen molar-refractivity contribution in [2.45, 2.75) is 19.8 Å². The van der Waals surface area contributed by atoms with Gasteiger partial charge in [-0.3, -0.25) is 4.79 Å². The number of hydrogen-bond donors (Lipinski definition) is 4. The highest BCUT2D eigenvalue weighted by Gasteiger charge is 2.25. The zero-order chi connectivity index (χ0) is 19.7. The van der Waals surface area contributed by atoms with Crippen LogP contribution in [0.3, 0.4) is 0 Å². The molecule has 0 fully saturated rings. The SMILES string of the molecule is COC(=O)C[n+]1cc2c(N)c(C(=O)CO)sc2c2cc(CO)c(CO)cc21.[Br-]. The molecule has 2 heterocycles. The summed E-state index contributed by atoms with van der Waals surface area (Å²) in [6.45, 7) is -1.30. The number of benzene rings is 1. The normalized spacial score (nSPS) is 10.9. The molecule has 0 amide bonds. The number of halogens is 1. The number of nitrogen functional groups attached to an aromatic ring is 1. The second-order valence-electron chi connectivity index (χ2n) is 5.96. The predicted molar refractivity (Wildman–Crippen MR) is 99.2 cm³/mol. The van der Waals surface area contributed by atoms with Crippen LogP contribution >= 0.6 is 11.3 Å². The van der Waals surface area contributed by atoms with E-state index in [-0.39, 0.29) is 47.3 Å². The van der Waals surface area contributed by atoms with Gasteiger partial charge in [-0.05, 0) is 17.2 Å². The van der Waals surface area contributed by atoms with Gasteiger partial charge >= 0.3 is 5.97 Å². The first-order chi connectivity index (χ1) is 12.9. The minimum Gasteiger partial charge on any atom is -1.00 e. The van der Waals surface area contributed by atoms with Gasteiger partial charge in [-0.2, -0.15) is 4.57 Å². The Hall–Kier alpha value is -2.11. The van der Waals surface area contributed by atoms with Crippen LogP contribution in [0, 0.1) is 0 Å². The van der Waals surface area contributed by atoms with Gasteiger partial charge in [0.05, 0.1) is 46.4 Å². The van der Waals surface area contributed by atoms with Crippen molar-refractivity contribution in [3.05, 3.63) is 34.3 Å². The summed E-state index contributed by atoms with van der Waals surface area (Å²) in [6.07, 6.45) is 1.65. The highest BCUT2D eigenvalue weighted by molar-refractivity contribution is 7.22. The summed E-state index contributed by atoms with van der Waals surface area (Å²) in [5.74, 6) is -0.964. The van der Waals surface area contributed by atoms with Crippen molar-refractivity contribution in [3.63, 3.8) is 0 Å². The molecule has 0 saturated carbocycles. The van der Waals surface area contributed by atoms with Crippen LogP contribution < -0.4 is 27.3 Å². The maximum Gasteiger partial charge on any atom is 0.372 e. The van der Waals surface area contributed by atoms with E-state index in [1.165, 1.54) is 7.11 Å². The molecular weight excluding hydrogens is 452 g/mol. The van der Waals surface area contributed by atoms with Crippen LogP contribution in [0.1, 0.15) is 20.8 Å². The van der Waals surface area contributed by atoms with Crippen molar-refractivity contribution in [1.82, 2.24) is 0 Å². The number of aromatic nitrogens is 1. The number of methoxy groups -OCH3 is 1. The topological polar surface area (TPSA) is 134 Å². The van der Waals surface area contributed by atoms with E-state index >= 15 is 0 Å². The molecule has 1 aromatic carbocycles. The van der Waals surface area contributed by atoms with E-state index in [0.717, 1.165) is 11.3 Å². The van der Waals surface area contributed by atoms with Gasteiger partial charge in [0.1, 0.15) is 6.61 Å². The van der Waals surface area contributed by atoms with E-state index in [1.54, 1.807) is 22.9 Å². The van der Waals surface area contributed by atoms with Gasteiger partial charge in [-0.1, -0.05) is 0 Å². The summed E-state index contributed by atoms with van der Waals surface area (Å²) >= 11 is 1.14. The van der Waals surface area contributed by atoms with Crippen molar-refractivity contribution >= 4 is 49.8 Å². The number of aliphatic hydroxyl groups excluding tert-OH is 3. The summed E-state index contributed by atoms with van der Waals surface area (Å²) in [6, 6.07) is 3.40. The first-order valence-corrected chi connectivity index (χ1v) is 8.89. The molecule has 2 aromatic heterocycles. The van der Waals surface area contributed by atoms with Gasteiger partial charge in [0, 0.05) is 6.07 Å². The fraction of sp³-hybridized carbons (Fsp3) is 0.278. The minimum absolute atomic E-state index is 0. The number of aliphatic hydroxyl groups is 3. The molecule has 0 bridgehead atoms.